The highest BCUT2D eigenvalue weighted by atomic mass is 19.1. The highest BCUT2D eigenvalue weighted by Gasteiger charge is 2.12. The molecule has 13 heavy (non-hydrogen) atoms. The number of non-ortho nitro benzene ring substituents is 1. The van der Waals surface area contributed by atoms with E-state index in [1.807, 2.05) is 0 Å². The number of rotatable bonds is 2. The van der Waals surface area contributed by atoms with E-state index in [0.717, 1.165) is 6.07 Å². The number of nitro benzene ring substituents is 1. The van der Waals surface area contributed by atoms with Crippen molar-refractivity contribution < 1.29 is 9.31 Å². The molecule has 4 nitrogen and oxygen atoms in total. The van der Waals surface area contributed by atoms with Crippen molar-refractivity contribution in [3.8, 4) is 0 Å². The van der Waals surface area contributed by atoms with Crippen molar-refractivity contribution in [1.29, 1.82) is 0 Å². The molecule has 0 aliphatic rings. The Balaban J connectivity index is 3.28. The molecule has 0 saturated heterocycles. The number of halogens is 1. The van der Waals surface area contributed by atoms with Crippen molar-refractivity contribution in [2.75, 3.05) is 12.4 Å². The first-order valence-corrected chi connectivity index (χ1v) is 3.68. The fourth-order valence-electron chi connectivity index (χ4n) is 1.15. The summed E-state index contributed by atoms with van der Waals surface area (Å²) in [5.41, 5.74) is 0.591. The van der Waals surface area contributed by atoms with Crippen molar-refractivity contribution in [3.05, 3.63) is 33.6 Å². The number of anilines is 1. The SMILES string of the molecule is CNc1c(C)cc([N+](=O)[O-])cc1F. The zero-order valence-corrected chi connectivity index (χ0v) is 7.30. The van der Waals surface area contributed by atoms with Crippen molar-refractivity contribution in [3.63, 3.8) is 0 Å². The van der Waals surface area contributed by atoms with Gasteiger partial charge >= 0.3 is 0 Å². The van der Waals surface area contributed by atoms with E-state index in [1.54, 1.807) is 14.0 Å². The second-order valence-electron chi connectivity index (χ2n) is 2.63. The predicted octanol–water partition coefficient (Wildman–Crippen LogP) is 2.08. The van der Waals surface area contributed by atoms with Gasteiger partial charge in [0.15, 0.2) is 5.82 Å². The van der Waals surface area contributed by atoms with E-state index in [-0.39, 0.29) is 5.69 Å². The van der Waals surface area contributed by atoms with Crippen LogP contribution in [0, 0.1) is 22.9 Å². The molecule has 0 fully saturated rings. The molecule has 0 amide bonds. The Morgan fingerprint density at radius 3 is 2.54 bits per heavy atom. The minimum absolute atomic E-state index is 0.228. The van der Waals surface area contributed by atoms with Crippen LogP contribution in [-0.2, 0) is 0 Å². The van der Waals surface area contributed by atoms with Gasteiger partial charge in [0.05, 0.1) is 16.7 Å². The monoisotopic (exact) mass is 184 g/mol. The van der Waals surface area contributed by atoms with Crippen molar-refractivity contribution in [2.45, 2.75) is 6.92 Å². The Bertz CT molecular complexity index is 329. The van der Waals surface area contributed by atoms with Crippen LogP contribution in [0.15, 0.2) is 12.1 Å². The summed E-state index contributed by atoms with van der Waals surface area (Å²) in [6.45, 7) is 1.61. The van der Waals surface area contributed by atoms with Crippen LogP contribution in [0.1, 0.15) is 5.56 Å². The topological polar surface area (TPSA) is 55.2 Å². The van der Waals surface area contributed by atoms with Gasteiger partial charge in [-0.25, -0.2) is 4.39 Å². The largest absolute Gasteiger partial charge is 0.386 e. The molecule has 0 radical (unpaired) electrons. The van der Waals surface area contributed by atoms with E-state index in [2.05, 4.69) is 5.32 Å². The van der Waals surface area contributed by atoms with Crippen LogP contribution in [0.4, 0.5) is 15.8 Å². The van der Waals surface area contributed by atoms with Crippen LogP contribution in [0.2, 0.25) is 0 Å². The second kappa shape index (κ2) is 3.38. The van der Waals surface area contributed by atoms with Gasteiger partial charge in [-0.05, 0) is 12.5 Å². The number of hydrogen-bond acceptors (Lipinski definition) is 3. The molecule has 0 saturated carbocycles. The molecule has 0 aliphatic heterocycles. The molecule has 0 aromatic heterocycles. The number of nitrogens with zero attached hydrogens (tertiary/aromatic N) is 1. The molecule has 1 aromatic carbocycles. The molecule has 1 N–H and O–H groups in total. The maximum Gasteiger partial charge on any atom is 0.272 e. The standard InChI is InChI=1S/C8H9FN2O2/c1-5-3-6(11(12)13)4-7(9)8(5)10-2/h3-4,10H,1-2H3. The summed E-state index contributed by atoms with van der Waals surface area (Å²) < 4.78 is 13.1. The van der Waals surface area contributed by atoms with E-state index >= 15 is 0 Å². The number of hydrogen-bond donors (Lipinski definition) is 1. The zero-order valence-electron chi connectivity index (χ0n) is 7.30. The highest BCUT2D eigenvalue weighted by Crippen LogP contribution is 2.24. The summed E-state index contributed by atoms with van der Waals surface area (Å²) in [6.07, 6.45) is 0. The van der Waals surface area contributed by atoms with Crippen LogP contribution in [0.25, 0.3) is 0 Å². The molecule has 0 aliphatic carbocycles. The van der Waals surface area contributed by atoms with E-state index in [4.69, 9.17) is 0 Å². The second-order valence-corrected chi connectivity index (χ2v) is 2.63. The lowest BCUT2D eigenvalue weighted by Gasteiger charge is -2.05. The zero-order chi connectivity index (χ0) is 10.0. The molecule has 0 unspecified atom stereocenters. The number of nitro groups is 1. The van der Waals surface area contributed by atoms with E-state index in [0.29, 0.717) is 11.3 Å². The van der Waals surface area contributed by atoms with Gasteiger partial charge in [0, 0.05) is 13.1 Å². The van der Waals surface area contributed by atoms with Gasteiger partial charge in [0.2, 0.25) is 0 Å². The molecule has 0 bridgehead atoms. The Morgan fingerprint density at radius 1 is 1.54 bits per heavy atom. The number of aryl methyl sites for hydroxylation is 1. The number of benzene rings is 1. The van der Waals surface area contributed by atoms with Crippen LogP contribution in [0.5, 0.6) is 0 Å². The maximum absolute atomic E-state index is 13.1. The number of nitrogens with one attached hydrogen (secondary N) is 1. The van der Waals surface area contributed by atoms with Gasteiger partial charge in [-0.1, -0.05) is 0 Å². The van der Waals surface area contributed by atoms with Crippen LogP contribution < -0.4 is 5.32 Å². The van der Waals surface area contributed by atoms with E-state index < -0.39 is 10.7 Å². The molecular formula is C8H9FN2O2. The average Bonchev–Trinajstić information content (AvgIpc) is 2.03. The lowest BCUT2D eigenvalue weighted by atomic mass is 10.1. The quantitative estimate of drug-likeness (QED) is 0.565. The first-order chi connectivity index (χ1) is 6.06. The van der Waals surface area contributed by atoms with Crippen LogP contribution in [0.3, 0.4) is 0 Å². The van der Waals surface area contributed by atoms with Crippen LogP contribution in [-0.4, -0.2) is 12.0 Å². The molecular weight excluding hydrogens is 175 g/mol. The molecule has 0 spiro atoms. The molecule has 1 rings (SSSR count). The Hall–Kier alpha value is -1.65. The molecule has 70 valence electrons. The van der Waals surface area contributed by atoms with Crippen molar-refractivity contribution in [1.82, 2.24) is 0 Å². The Kier molecular flexibility index (Phi) is 2.46. The summed E-state index contributed by atoms with van der Waals surface area (Å²) in [6, 6.07) is 2.23. The minimum Gasteiger partial charge on any atom is -0.386 e. The third kappa shape index (κ3) is 1.74. The van der Waals surface area contributed by atoms with E-state index in [1.165, 1.54) is 6.07 Å². The van der Waals surface area contributed by atoms with Gasteiger partial charge in [-0.15, -0.1) is 0 Å². The first-order valence-electron chi connectivity index (χ1n) is 3.68. The van der Waals surface area contributed by atoms with E-state index in [9.17, 15) is 14.5 Å². The summed E-state index contributed by atoms with van der Waals surface area (Å²) in [7, 11) is 1.57. The summed E-state index contributed by atoms with van der Waals surface area (Å²) in [4.78, 5) is 9.71. The summed E-state index contributed by atoms with van der Waals surface area (Å²) >= 11 is 0. The van der Waals surface area contributed by atoms with Gasteiger partial charge in [-0.3, -0.25) is 10.1 Å². The summed E-state index contributed by atoms with van der Waals surface area (Å²) in [5, 5.41) is 13.0. The first kappa shape index (κ1) is 9.44. The Morgan fingerprint density at radius 2 is 2.15 bits per heavy atom. The molecule has 1 aromatic rings. The predicted molar refractivity (Wildman–Crippen MR) is 47.3 cm³/mol. The highest BCUT2D eigenvalue weighted by molar-refractivity contribution is 5.56. The normalized spacial score (nSPS) is 9.77. The maximum atomic E-state index is 13.1. The molecule has 5 heteroatoms. The Labute approximate surface area is 74.5 Å². The fourth-order valence-corrected chi connectivity index (χ4v) is 1.15. The molecule has 0 heterocycles. The smallest absolute Gasteiger partial charge is 0.272 e. The molecule has 0 atom stereocenters. The third-order valence-corrected chi connectivity index (χ3v) is 1.73. The third-order valence-electron chi connectivity index (χ3n) is 1.73. The lowest BCUT2D eigenvalue weighted by Crippen LogP contribution is -1.98. The van der Waals surface area contributed by atoms with Crippen molar-refractivity contribution in [2.24, 2.45) is 0 Å². The van der Waals surface area contributed by atoms with Crippen LogP contribution >= 0.6 is 0 Å². The summed E-state index contributed by atoms with van der Waals surface area (Å²) in [5.74, 6) is -0.603. The van der Waals surface area contributed by atoms with Gasteiger partial charge in [0.25, 0.3) is 5.69 Å². The van der Waals surface area contributed by atoms with Gasteiger partial charge < -0.3 is 5.32 Å². The van der Waals surface area contributed by atoms with Gasteiger partial charge in [0.1, 0.15) is 0 Å². The van der Waals surface area contributed by atoms with Crippen molar-refractivity contribution >= 4 is 11.4 Å². The van der Waals surface area contributed by atoms with Gasteiger partial charge in [-0.2, -0.15) is 0 Å². The average molecular weight is 184 g/mol. The minimum atomic E-state index is -0.616. The fraction of sp³-hybridized carbons (Fsp3) is 0.250. The lowest BCUT2D eigenvalue weighted by molar-refractivity contribution is -0.385.